The van der Waals surface area contributed by atoms with Crippen molar-refractivity contribution >= 4 is 59.1 Å². The fraction of sp³-hybridized carbons (Fsp3) is 0.615. The Hall–Kier alpha value is -5.34. The maximum absolute atomic E-state index is 12.5. The van der Waals surface area contributed by atoms with Crippen LogP contribution in [-0.4, -0.2) is 196 Å². The van der Waals surface area contributed by atoms with E-state index in [4.69, 9.17) is 11.5 Å². The van der Waals surface area contributed by atoms with Crippen molar-refractivity contribution in [3.05, 3.63) is 0 Å². The van der Waals surface area contributed by atoms with Crippen LogP contribution >= 0.6 is 0 Å². The third kappa shape index (κ3) is 17.1. The molecule has 0 aliphatic carbocycles. The van der Waals surface area contributed by atoms with E-state index in [1.165, 1.54) is 42.3 Å². The second kappa shape index (κ2) is 20.6. The average Bonchev–Trinajstić information content (AvgIpc) is 3.00. The minimum absolute atomic E-state index is 0.272. The zero-order valence-corrected chi connectivity index (χ0v) is 27.5. The van der Waals surface area contributed by atoms with E-state index in [2.05, 4.69) is 16.0 Å². The van der Waals surface area contributed by atoms with Crippen molar-refractivity contribution < 1.29 is 47.9 Å². The lowest BCUT2D eigenvalue weighted by atomic mass is 10.4. The molecule has 21 nitrogen and oxygen atoms in total. The molecule has 0 saturated heterocycles. The van der Waals surface area contributed by atoms with E-state index in [1.807, 2.05) is 0 Å². The smallest absolute Gasteiger partial charge is 0.242 e. The maximum Gasteiger partial charge on any atom is 0.242 e. The number of rotatable bonds is 19. The average molecular weight is 672 g/mol. The highest BCUT2D eigenvalue weighted by Gasteiger charge is 2.22. The van der Waals surface area contributed by atoms with Gasteiger partial charge in [-0.05, 0) is 0 Å². The van der Waals surface area contributed by atoms with Gasteiger partial charge in [-0.25, -0.2) is 0 Å². The molecule has 264 valence electrons. The monoisotopic (exact) mass is 671 g/mol. The molecule has 0 aliphatic rings. The van der Waals surface area contributed by atoms with Gasteiger partial charge in [-0.3, -0.25) is 47.9 Å². The van der Waals surface area contributed by atoms with Gasteiger partial charge >= 0.3 is 0 Å². The lowest BCUT2D eigenvalue weighted by molar-refractivity contribution is -0.141. The fourth-order valence-electron chi connectivity index (χ4n) is 3.27. The van der Waals surface area contributed by atoms with Crippen LogP contribution in [0.2, 0.25) is 0 Å². The molecule has 0 spiro atoms. The summed E-state index contributed by atoms with van der Waals surface area (Å²) in [5.74, 6) is -6.19. The van der Waals surface area contributed by atoms with Crippen LogP contribution in [0.15, 0.2) is 0 Å². The predicted octanol–water partition coefficient (Wildman–Crippen LogP) is -7.47. The first kappa shape index (κ1) is 41.7. The zero-order chi connectivity index (χ0) is 36.4. The summed E-state index contributed by atoms with van der Waals surface area (Å²) in [5.41, 5.74) is 10.2. The Morgan fingerprint density at radius 1 is 0.404 bits per heavy atom. The van der Waals surface area contributed by atoms with Gasteiger partial charge in [0.05, 0.1) is 65.4 Å². The predicted molar refractivity (Wildman–Crippen MR) is 163 cm³/mol. The van der Waals surface area contributed by atoms with Crippen LogP contribution in [-0.2, 0) is 47.9 Å². The van der Waals surface area contributed by atoms with E-state index in [-0.39, 0.29) is 32.7 Å². The number of nitrogens with two attached hydrogens (primary N) is 2. The molecule has 0 fully saturated rings. The standard InChI is InChI=1S/C26H45N11O10/c1-32(11-18(39)29-8-17(28)38)25(46)15-36(5)22(43)10-31-20(41)13-34(3)26(47)16-37(6)23(44)9-30-19(40)12-33(2)24(45)14-35(4)21(42)7-27/h7-16,27H2,1-6H3,(H2,28,38)(H,29,39)(H,30,40)(H,31,41). The summed E-state index contributed by atoms with van der Waals surface area (Å²) < 4.78 is 0. The Balaban J connectivity index is 4.55. The molecule has 0 aliphatic heterocycles. The number of carbonyl (C=O) groups is 10. The second-order valence-electron chi connectivity index (χ2n) is 10.5. The van der Waals surface area contributed by atoms with Crippen LogP contribution < -0.4 is 27.4 Å². The Bertz CT molecular complexity index is 1210. The van der Waals surface area contributed by atoms with E-state index in [9.17, 15) is 47.9 Å². The summed E-state index contributed by atoms with van der Waals surface area (Å²) in [4.78, 5) is 126. The lowest BCUT2D eigenvalue weighted by Gasteiger charge is -2.23. The van der Waals surface area contributed by atoms with Gasteiger partial charge in [0, 0.05) is 42.3 Å². The molecule has 21 heteroatoms. The first-order valence-electron chi connectivity index (χ1n) is 14.0. The summed E-state index contributed by atoms with van der Waals surface area (Å²) in [7, 11) is 7.97. The summed E-state index contributed by atoms with van der Waals surface area (Å²) in [6.45, 7) is -3.97. The molecule has 0 saturated carbocycles. The van der Waals surface area contributed by atoms with Gasteiger partial charge in [0.1, 0.15) is 0 Å². The van der Waals surface area contributed by atoms with E-state index in [0.29, 0.717) is 0 Å². The molecular formula is C26H45N11O10. The topological polar surface area (TPSA) is 278 Å². The number of nitrogens with zero attached hydrogens (tertiary/aromatic N) is 6. The normalized spacial score (nSPS) is 10.1. The van der Waals surface area contributed by atoms with E-state index in [1.54, 1.807) is 0 Å². The maximum atomic E-state index is 12.5. The highest BCUT2D eigenvalue weighted by Crippen LogP contribution is 1.94. The van der Waals surface area contributed by atoms with Gasteiger partial charge in [0.25, 0.3) is 0 Å². The summed E-state index contributed by atoms with van der Waals surface area (Å²) >= 11 is 0. The number of nitrogens with one attached hydrogen (secondary N) is 3. The van der Waals surface area contributed by atoms with E-state index < -0.39 is 91.8 Å². The lowest BCUT2D eigenvalue weighted by Crippen LogP contribution is -2.48. The van der Waals surface area contributed by atoms with Crippen molar-refractivity contribution in [1.29, 1.82) is 0 Å². The van der Waals surface area contributed by atoms with Gasteiger partial charge in [0.2, 0.25) is 59.1 Å². The summed E-state index contributed by atoms with van der Waals surface area (Å²) in [6, 6.07) is 0. The number of amides is 10. The Labute approximate surface area is 271 Å². The van der Waals surface area contributed by atoms with Crippen molar-refractivity contribution in [3.8, 4) is 0 Å². The number of carbonyl (C=O) groups excluding carboxylic acids is 10. The zero-order valence-electron chi connectivity index (χ0n) is 27.5. The minimum atomic E-state index is -0.752. The number of likely N-dealkylation sites (N-methyl/N-ethyl adjacent to an activating group) is 6. The number of hydrogen-bond acceptors (Lipinski definition) is 11. The molecule has 0 radical (unpaired) electrons. The second-order valence-corrected chi connectivity index (χ2v) is 10.5. The number of hydrogen-bond donors (Lipinski definition) is 5. The van der Waals surface area contributed by atoms with Crippen molar-refractivity contribution in [2.24, 2.45) is 11.5 Å². The molecular weight excluding hydrogens is 626 g/mol. The van der Waals surface area contributed by atoms with Crippen LogP contribution in [0.4, 0.5) is 0 Å². The van der Waals surface area contributed by atoms with Crippen LogP contribution in [0.5, 0.6) is 0 Å². The van der Waals surface area contributed by atoms with Crippen molar-refractivity contribution in [2.75, 3.05) is 108 Å². The van der Waals surface area contributed by atoms with Crippen molar-refractivity contribution in [3.63, 3.8) is 0 Å². The molecule has 0 bridgehead atoms. The highest BCUT2D eigenvalue weighted by molar-refractivity contribution is 5.93. The van der Waals surface area contributed by atoms with Gasteiger partial charge in [0.15, 0.2) is 0 Å². The number of primary amides is 1. The third-order valence-electron chi connectivity index (χ3n) is 6.32. The van der Waals surface area contributed by atoms with Gasteiger partial charge in [-0.1, -0.05) is 0 Å². The van der Waals surface area contributed by atoms with Crippen LogP contribution in [0, 0.1) is 0 Å². The largest absolute Gasteiger partial charge is 0.368 e. The minimum Gasteiger partial charge on any atom is -0.368 e. The first-order valence-corrected chi connectivity index (χ1v) is 14.0. The molecule has 47 heavy (non-hydrogen) atoms. The quantitative estimate of drug-likeness (QED) is 0.0860. The SMILES string of the molecule is CN(CC(=O)NCC(=O)N(C)CC(=O)N(C)CC(=O)NCC(=O)N(C)CC(=O)N(C)CC(=O)NCC(N)=O)C(=O)CN(C)C(=O)CN. The van der Waals surface area contributed by atoms with Gasteiger partial charge in [-0.15, -0.1) is 0 Å². The Morgan fingerprint density at radius 2 is 0.660 bits per heavy atom. The van der Waals surface area contributed by atoms with Crippen molar-refractivity contribution in [2.45, 2.75) is 0 Å². The highest BCUT2D eigenvalue weighted by atomic mass is 16.2. The van der Waals surface area contributed by atoms with E-state index in [0.717, 1.165) is 29.4 Å². The molecule has 0 aromatic rings. The molecule has 0 aromatic carbocycles. The Morgan fingerprint density at radius 3 is 0.936 bits per heavy atom. The van der Waals surface area contributed by atoms with Crippen LogP contribution in [0.1, 0.15) is 0 Å². The molecule has 0 aromatic heterocycles. The van der Waals surface area contributed by atoms with Gasteiger partial charge < -0.3 is 56.8 Å². The van der Waals surface area contributed by atoms with E-state index >= 15 is 0 Å². The summed E-state index contributed by atoms with van der Waals surface area (Å²) in [5, 5.41) is 6.88. The Kier molecular flexibility index (Phi) is 18.3. The van der Waals surface area contributed by atoms with Crippen LogP contribution in [0.3, 0.4) is 0 Å². The molecule has 7 N–H and O–H groups in total. The molecule has 0 atom stereocenters. The van der Waals surface area contributed by atoms with Gasteiger partial charge in [-0.2, -0.15) is 0 Å². The molecule has 10 amide bonds. The molecule has 0 rings (SSSR count). The fourth-order valence-corrected chi connectivity index (χ4v) is 3.27. The molecule has 0 unspecified atom stereocenters. The van der Waals surface area contributed by atoms with Crippen molar-refractivity contribution in [1.82, 2.24) is 45.3 Å². The first-order chi connectivity index (χ1) is 21.8. The third-order valence-corrected chi connectivity index (χ3v) is 6.32. The van der Waals surface area contributed by atoms with Crippen LogP contribution in [0.25, 0.3) is 0 Å². The molecule has 0 heterocycles. The summed E-state index contributed by atoms with van der Waals surface area (Å²) in [6.07, 6.45) is 0.